The topological polar surface area (TPSA) is 109 Å². The average Bonchev–Trinajstić information content (AvgIpc) is 3.34. The van der Waals surface area contributed by atoms with Crippen LogP contribution in [0.2, 0.25) is 0 Å². The van der Waals surface area contributed by atoms with E-state index in [1.165, 1.54) is 10.4 Å². The largest absolute Gasteiger partial charge is 0.456 e. The SMILES string of the molecule is O=[N+]([O-])c1ccc(N2CCN(S(=O)(=O)c3ccc4oc5ccccc5c4c3)CC2)cc1NCc1ccccc1. The molecule has 0 saturated carbocycles. The third-order valence-electron chi connectivity index (χ3n) is 7.09. The van der Waals surface area contributed by atoms with Crippen LogP contribution in [0.1, 0.15) is 5.56 Å². The van der Waals surface area contributed by atoms with Crippen molar-refractivity contribution in [1.29, 1.82) is 0 Å². The number of hydrogen-bond acceptors (Lipinski definition) is 7. The lowest BCUT2D eigenvalue weighted by atomic mass is 10.1. The summed E-state index contributed by atoms with van der Waals surface area (Å²) in [7, 11) is -3.71. The molecule has 1 aliphatic rings. The minimum absolute atomic E-state index is 0.00180. The maximum Gasteiger partial charge on any atom is 0.292 e. The molecule has 39 heavy (non-hydrogen) atoms. The van der Waals surface area contributed by atoms with Crippen molar-refractivity contribution in [2.24, 2.45) is 0 Å². The number of para-hydroxylation sites is 1. The van der Waals surface area contributed by atoms with Crippen LogP contribution in [-0.2, 0) is 16.6 Å². The van der Waals surface area contributed by atoms with Crippen molar-refractivity contribution in [1.82, 2.24) is 4.31 Å². The number of rotatable bonds is 7. The highest BCUT2D eigenvalue weighted by Crippen LogP contribution is 2.33. The van der Waals surface area contributed by atoms with Crippen LogP contribution >= 0.6 is 0 Å². The molecule has 0 unspecified atom stereocenters. The van der Waals surface area contributed by atoms with E-state index >= 15 is 0 Å². The Morgan fingerprint density at radius 1 is 0.821 bits per heavy atom. The van der Waals surface area contributed by atoms with Crippen LogP contribution in [0.15, 0.2) is 100 Å². The molecule has 0 spiro atoms. The van der Waals surface area contributed by atoms with Crippen molar-refractivity contribution in [3.05, 3.63) is 107 Å². The van der Waals surface area contributed by atoms with Gasteiger partial charge in [0, 0.05) is 55.2 Å². The van der Waals surface area contributed by atoms with Crippen LogP contribution < -0.4 is 10.2 Å². The van der Waals surface area contributed by atoms with E-state index in [0.717, 1.165) is 27.6 Å². The first kappa shape index (κ1) is 24.9. The molecule has 1 aromatic heterocycles. The normalized spacial score (nSPS) is 14.6. The molecule has 0 bridgehead atoms. The van der Waals surface area contributed by atoms with Gasteiger partial charge >= 0.3 is 0 Å². The van der Waals surface area contributed by atoms with Crippen LogP contribution in [0.4, 0.5) is 17.1 Å². The second-order valence-corrected chi connectivity index (χ2v) is 11.4. The van der Waals surface area contributed by atoms with Gasteiger partial charge in [0.05, 0.1) is 9.82 Å². The van der Waals surface area contributed by atoms with Crippen LogP contribution in [0, 0.1) is 10.1 Å². The summed E-state index contributed by atoms with van der Waals surface area (Å²) in [6.45, 7) is 1.98. The number of benzene rings is 4. The van der Waals surface area contributed by atoms with E-state index < -0.39 is 14.9 Å². The lowest BCUT2D eigenvalue weighted by Crippen LogP contribution is -2.48. The molecule has 0 aliphatic carbocycles. The number of piperazine rings is 1. The third kappa shape index (κ3) is 4.80. The smallest absolute Gasteiger partial charge is 0.292 e. The van der Waals surface area contributed by atoms with Crippen molar-refractivity contribution < 1.29 is 17.8 Å². The van der Waals surface area contributed by atoms with E-state index in [9.17, 15) is 18.5 Å². The summed E-state index contributed by atoms with van der Waals surface area (Å²) >= 11 is 0. The van der Waals surface area contributed by atoms with Crippen LogP contribution in [0.25, 0.3) is 21.9 Å². The molecule has 1 saturated heterocycles. The quantitative estimate of drug-likeness (QED) is 0.210. The Morgan fingerprint density at radius 3 is 2.31 bits per heavy atom. The molecule has 0 atom stereocenters. The number of nitro groups is 1. The molecule has 1 N–H and O–H groups in total. The summed E-state index contributed by atoms with van der Waals surface area (Å²) in [5.74, 6) is 0. The van der Waals surface area contributed by atoms with E-state index in [0.29, 0.717) is 44.0 Å². The van der Waals surface area contributed by atoms with Crippen molar-refractivity contribution in [3.8, 4) is 0 Å². The standard InChI is InChI=1S/C29H26N4O5S/c34-33(35)27-12-10-22(18-26(27)30-20-21-6-2-1-3-7-21)31-14-16-32(17-15-31)39(36,37)23-11-13-29-25(19-23)24-8-4-5-9-28(24)38-29/h1-13,18-19,30H,14-17,20H2. The number of furan rings is 1. The number of nitro benzene ring substituents is 1. The maximum atomic E-state index is 13.5. The summed E-state index contributed by atoms with van der Waals surface area (Å²) in [4.78, 5) is 13.5. The van der Waals surface area contributed by atoms with Crippen molar-refractivity contribution in [2.45, 2.75) is 11.4 Å². The zero-order valence-corrected chi connectivity index (χ0v) is 21.8. The fraction of sp³-hybridized carbons (Fsp3) is 0.172. The number of nitrogens with zero attached hydrogens (tertiary/aromatic N) is 3. The Kier molecular flexibility index (Phi) is 6.41. The second-order valence-electron chi connectivity index (χ2n) is 9.45. The minimum Gasteiger partial charge on any atom is -0.456 e. The van der Waals surface area contributed by atoms with E-state index in [2.05, 4.69) is 10.2 Å². The first-order valence-corrected chi connectivity index (χ1v) is 14.1. The molecule has 0 amide bonds. The van der Waals surface area contributed by atoms with Gasteiger partial charge in [0.15, 0.2) is 0 Å². The second kappa shape index (κ2) is 10.0. The van der Waals surface area contributed by atoms with Crippen molar-refractivity contribution in [2.75, 3.05) is 36.4 Å². The summed E-state index contributed by atoms with van der Waals surface area (Å²) < 4.78 is 34.4. The van der Waals surface area contributed by atoms with Crippen molar-refractivity contribution in [3.63, 3.8) is 0 Å². The Bertz CT molecular complexity index is 1780. The van der Waals surface area contributed by atoms with Gasteiger partial charge in [-0.2, -0.15) is 4.31 Å². The number of fused-ring (bicyclic) bond motifs is 3. The Labute approximate surface area is 225 Å². The molecule has 6 rings (SSSR count). The predicted octanol–water partition coefficient (Wildman–Crippen LogP) is 5.62. The number of sulfonamides is 1. The molecule has 1 aliphatic heterocycles. The van der Waals surface area contributed by atoms with Gasteiger partial charge in [0.2, 0.25) is 10.0 Å². The van der Waals surface area contributed by atoms with Crippen LogP contribution in [0.5, 0.6) is 0 Å². The molecular weight excluding hydrogens is 516 g/mol. The fourth-order valence-corrected chi connectivity index (χ4v) is 6.46. The molecule has 5 aromatic rings. The lowest BCUT2D eigenvalue weighted by Gasteiger charge is -2.35. The van der Waals surface area contributed by atoms with E-state index in [1.54, 1.807) is 30.3 Å². The van der Waals surface area contributed by atoms with Gasteiger partial charge in [-0.15, -0.1) is 0 Å². The monoisotopic (exact) mass is 542 g/mol. The van der Waals surface area contributed by atoms with Gasteiger partial charge in [0.25, 0.3) is 5.69 Å². The number of hydrogen-bond donors (Lipinski definition) is 1. The van der Waals surface area contributed by atoms with Gasteiger partial charge in [-0.25, -0.2) is 8.42 Å². The molecule has 2 heterocycles. The van der Waals surface area contributed by atoms with Gasteiger partial charge in [0.1, 0.15) is 16.9 Å². The van der Waals surface area contributed by atoms with Gasteiger partial charge < -0.3 is 14.6 Å². The number of nitrogens with one attached hydrogen (secondary N) is 1. The van der Waals surface area contributed by atoms with Gasteiger partial charge in [-0.05, 0) is 42.0 Å². The fourth-order valence-electron chi connectivity index (χ4n) is 5.02. The lowest BCUT2D eigenvalue weighted by molar-refractivity contribution is -0.384. The molecule has 0 radical (unpaired) electrons. The highest BCUT2D eigenvalue weighted by Gasteiger charge is 2.30. The maximum absolute atomic E-state index is 13.5. The molecule has 9 nitrogen and oxygen atoms in total. The third-order valence-corrected chi connectivity index (χ3v) is 8.99. The average molecular weight is 543 g/mol. The van der Waals surface area contributed by atoms with Crippen LogP contribution in [-0.4, -0.2) is 43.8 Å². The summed E-state index contributed by atoms with van der Waals surface area (Å²) in [6.07, 6.45) is 0. The van der Waals surface area contributed by atoms with Gasteiger partial charge in [-0.3, -0.25) is 10.1 Å². The molecule has 10 heteroatoms. The predicted molar refractivity (Wildman–Crippen MR) is 152 cm³/mol. The molecule has 1 fully saturated rings. The Balaban J connectivity index is 1.19. The van der Waals surface area contributed by atoms with E-state index in [4.69, 9.17) is 4.42 Å². The first-order valence-electron chi connectivity index (χ1n) is 12.6. The first-order chi connectivity index (χ1) is 18.9. The molecular formula is C29H26N4O5S. The summed E-state index contributed by atoms with van der Waals surface area (Å²) in [6, 6.07) is 27.2. The molecule has 4 aromatic carbocycles. The van der Waals surface area contributed by atoms with Crippen molar-refractivity contribution >= 4 is 49.0 Å². The molecule has 198 valence electrons. The highest BCUT2D eigenvalue weighted by atomic mass is 32.2. The van der Waals surface area contributed by atoms with E-state index in [1.807, 2.05) is 54.6 Å². The summed E-state index contributed by atoms with van der Waals surface area (Å²) in [5, 5.41) is 16.5. The highest BCUT2D eigenvalue weighted by molar-refractivity contribution is 7.89. The van der Waals surface area contributed by atoms with Gasteiger partial charge in [-0.1, -0.05) is 48.5 Å². The Morgan fingerprint density at radius 2 is 1.54 bits per heavy atom. The minimum atomic E-state index is -3.71. The van der Waals surface area contributed by atoms with E-state index in [-0.39, 0.29) is 10.6 Å². The zero-order chi connectivity index (χ0) is 27.0. The Hall–Kier alpha value is -4.41. The zero-order valence-electron chi connectivity index (χ0n) is 21.0. The van der Waals surface area contributed by atoms with Crippen LogP contribution in [0.3, 0.4) is 0 Å². The summed E-state index contributed by atoms with van der Waals surface area (Å²) in [5.41, 5.74) is 3.61. The number of anilines is 2.